The highest BCUT2D eigenvalue weighted by molar-refractivity contribution is 14.1. The van der Waals surface area contributed by atoms with Crippen molar-refractivity contribution in [3.8, 4) is 0 Å². The van der Waals surface area contributed by atoms with Crippen molar-refractivity contribution in [2.45, 2.75) is 58.5 Å². The summed E-state index contributed by atoms with van der Waals surface area (Å²) in [6, 6.07) is 5.60. The first-order chi connectivity index (χ1) is 11.3. The van der Waals surface area contributed by atoms with Gasteiger partial charge in [0.25, 0.3) is 5.91 Å². The Hall–Kier alpha value is -1.13. The molecule has 1 aromatic rings. The van der Waals surface area contributed by atoms with Gasteiger partial charge in [-0.05, 0) is 65.3 Å². The molecule has 8 heteroatoms. The first kappa shape index (κ1) is 21.9. The molecule has 25 heavy (non-hydrogen) atoms. The molecule has 0 aliphatic rings. The van der Waals surface area contributed by atoms with E-state index in [4.69, 9.17) is 10.2 Å². The van der Waals surface area contributed by atoms with Gasteiger partial charge in [0.05, 0.1) is 6.61 Å². The Labute approximate surface area is 164 Å². The quantitative estimate of drug-likeness (QED) is 0.473. The summed E-state index contributed by atoms with van der Waals surface area (Å²) >= 11 is 2.22. The van der Waals surface area contributed by atoms with Crippen LogP contribution in [0.25, 0.3) is 0 Å². The molecule has 0 heterocycles. The molecule has 0 radical (unpaired) electrons. The number of carbonyl (C=O) groups excluding carboxylic acids is 2. The number of nitrogens with two attached hydrogens (primary N) is 1. The fraction of sp³-hybridized carbons (Fsp3) is 0.529. The summed E-state index contributed by atoms with van der Waals surface area (Å²) in [7, 11) is -1.81. The molecule has 0 spiro atoms. The van der Waals surface area contributed by atoms with Gasteiger partial charge in [0.2, 0.25) is 0 Å². The summed E-state index contributed by atoms with van der Waals surface area (Å²) in [5.41, 5.74) is 6.62. The number of halogens is 1. The lowest BCUT2D eigenvalue weighted by atomic mass is 10.2. The molecule has 6 nitrogen and oxygen atoms in total. The molecule has 0 fully saturated rings. The predicted octanol–water partition coefficient (Wildman–Crippen LogP) is 4.24. The average molecular weight is 478 g/mol. The summed E-state index contributed by atoms with van der Waals surface area (Å²) in [6.07, 6.45) is -1.92. The molecular weight excluding hydrogens is 451 g/mol. The van der Waals surface area contributed by atoms with Crippen molar-refractivity contribution in [2.24, 2.45) is 5.73 Å². The SMILES string of the molecule is CC(OC(N)=O)C(=O)Nc1ccc(CO[Si](C)(C)C(C)(C)C)c(I)c1. The Balaban J connectivity index is 2.74. The Kier molecular flexibility index (Phi) is 7.45. The maximum absolute atomic E-state index is 11.9. The number of ether oxygens (including phenoxy) is 1. The minimum absolute atomic E-state index is 0.156. The van der Waals surface area contributed by atoms with Crippen molar-refractivity contribution in [1.82, 2.24) is 0 Å². The van der Waals surface area contributed by atoms with Gasteiger partial charge in [-0.2, -0.15) is 0 Å². The van der Waals surface area contributed by atoms with Crippen molar-refractivity contribution in [3.05, 3.63) is 27.3 Å². The predicted molar refractivity (Wildman–Crippen MR) is 110 cm³/mol. The van der Waals surface area contributed by atoms with Gasteiger partial charge < -0.3 is 20.2 Å². The zero-order valence-electron chi connectivity index (χ0n) is 15.6. The van der Waals surface area contributed by atoms with Crippen LogP contribution in [0.3, 0.4) is 0 Å². The van der Waals surface area contributed by atoms with Crippen LogP contribution in [-0.4, -0.2) is 26.4 Å². The fourth-order valence-electron chi connectivity index (χ4n) is 1.69. The number of benzene rings is 1. The molecular formula is C17H27IN2O4Si. The lowest BCUT2D eigenvalue weighted by molar-refractivity contribution is -0.123. The molecule has 0 aromatic heterocycles. The number of amides is 2. The molecule has 0 saturated heterocycles. The fourth-order valence-corrected chi connectivity index (χ4v) is 3.31. The molecule has 3 N–H and O–H groups in total. The van der Waals surface area contributed by atoms with Crippen molar-refractivity contribution in [3.63, 3.8) is 0 Å². The Morgan fingerprint density at radius 3 is 2.40 bits per heavy atom. The Bertz CT molecular complexity index is 644. The zero-order chi connectivity index (χ0) is 19.4. The van der Waals surface area contributed by atoms with Crippen LogP contribution >= 0.6 is 22.6 Å². The summed E-state index contributed by atoms with van der Waals surface area (Å²) in [5, 5.41) is 2.86. The third-order valence-electron chi connectivity index (χ3n) is 4.38. The van der Waals surface area contributed by atoms with Gasteiger partial charge >= 0.3 is 6.09 Å². The minimum Gasteiger partial charge on any atom is -0.437 e. The zero-order valence-corrected chi connectivity index (χ0v) is 18.8. The summed E-state index contributed by atoms with van der Waals surface area (Å²) in [5.74, 6) is -0.431. The molecule has 0 saturated carbocycles. The van der Waals surface area contributed by atoms with E-state index in [0.717, 1.165) is 9.13 Å². The monoisotopic (exact) mass is 478 g/mol. The second-order valence-corrected chi connectivity index (χ2v) is 13.4. The lowest BCUT2D eigenvalue weighted by Gasteiger charge is -2.36. The van der Waals surface area contributed by atoms with E-state index in [-0.39, 0.29) is 5.04 Å². The van der Waals surface area contributed by atoms with E-state index in [2.05, 4.69) is 66.5 Å². The number of hydrogen-bond acceptors (Lipinski definition) is 4. The van der Waals surface area contributed by atoms with E-state index in [1.807, 2.05) is 12.1 Å². The van der Waals surface area contributed by atoms with Crippen LogP contribution in [0.5, 0.6) is 0 Å². The number of anilines is 1. The van der Waals surface area contributed by atoms with Crippen molar-refractivity contribution in [1.29, 1.82) is 0 Å². The van der Waals surface area contributed by atoms with Crippen LogP contribution in [0.1, 0.15) is 33.3 Å². The smallest absolute Gasteiger partial charge is 0.405 e. The van der Waals surface area contributed by atoms with Gasteiger partial charge in [-0.25, -0.2) is 4.79 Å². The lowest BCUT2D eigenvalue weighted by Crippen LogP contribution is -2.40. The van der Waals surface area contributed by atoms with Gasteiger partial charge in [0, 0.05) is 9.26 Å². The topological polar surface area (TPSA) is 90.7 Å². The molecule has 2 amide bonds. The molecule has 1 unspecified atom stereocenters. The van der Waals surface area contributed by atoms with Crippen molar-refractivity contribution >= 4 is 48.6 Å². The highest BCUT2D eigenvalue weighted by Crippen LogP contribution is 2.37. The minimum atomic E-state index is -1.81. The summed E-state index contributed by atoms with van der Waals surface area (Å²) in [4.78, 5) is 22.6. The van der Waals surface area contributed by atoms with Gasteiger partial charge in [-0.15, -0.1) is 0 Å². The normalized spacial score (nSPS) is 13.2. The van der Waals surface area contributed by atoms with E-state index >= 15 is 0 Å². The van der Waals surface area contributed by atoms with Gasteiger partial charge in [-0.3, -0.25) is 4.79 Å². The van der Waals surface area contributed by atoms with E-state index < -0.39 is 26.4 Å². The van der Waals surface area contributed by atoms with Crippen molar-refractivity contribution < 1.29 is 18.8 Å². The molecule has 1 atom stereocenters. The number of rotatable bonds is 6. The first-order valence-electron chi connectivity index (χ1n) is 8.03. The molecule has 140 valence electrons. The highest BCUT2D eigenvalue weighted by Gasteiger charge is 2.37. The van der Waals surface area contributed by atoms with Crippen LogP contribution in [-0.2, 0) is 20.6 Å². The second kappa shape index (κ2) is 8.50. The van der Waals surface area contributed by atoms with E-state index in [0.29, 0.717) is 12.3 Å². The van der Waals surface area contributed by atoms with E-state index in [9.17, 15) is 9.59 Å². The summed E-state index contributed by atoms with van der Waals surface area (Å²) in [6.45, 7) is 13.1. The first-order valence-corrected chi connectivity index (χ1v) is 12.0. The maximum atomic E-state index is 11.9. The standard InChI is InChI=1S/C17H27IN2O4Si/c1-11(24-16(19)22)15(21)20-13-8-7-12(14(18)9-13)10-23-25(5,6)17(2,3)4/h7-9,11H,10H2,1-6H3,(H2,19,22)(H,20,21). The third kappa shape index (κ3) is 6.59. The highest BCUT2D eigenvalue weighted by atomic mass is 127. The molecule has 1 rings (SSSR count). The van der Waals surface area contributed by atoms with Crippen LogP contribution in [0.4, 0.5) is 10.5 Å². The molecule has 0 bridgehead atoms. The van der Waals surface area contributed by atoms with Crippen molar-refractivity contribution in [2.75, 3.05) is 5.32 Å². The number of carbonyl (C=O) groups is 2. The molecule has 0 aliphatic carbocycles. The van der Waals surface area contributed by atoms with Gasteiger partial charge in [0.1, 0.15) is 0 Å². The largest absolute Gasteiger partial charge is 0.437 e. The van der Waals surface area contributed by atoms with Crippen LogP contribution in [0, 0.1) is 3.57 Å². The number of nitrogens with one attached hydrogen (secondary N) is 1. The average Bonchev–Trinajstić information content (AvgIpc) is 2.44. The van der Waals surface area contributed by atoms with Gasteiger partial charge in [-0.1, -0.05) is 26.8 Å². The van der Waals surface area contributed by atoms with Crippen LogP contribution in [0.2, 0.25) is 18.1 Å². The molecule has 1 aromatic carbocycles. The molecule has 0 aliphatic heterocycles. The van der Waals surface area contributed by atoms with Crippen LogP contribution < -0.4 is 11.1 Å². The van der Waals surface area contributed by atoms with Crippen LogP contribution in [0.15, 0.2) is 18.2 Å². The maximum Gasteiger partial charge on any atom is 0.405 e. The summed E-state index contributed by atoms with van der Waals surface area (Å²) < 4.78 is 11.9. The van der Waals surface area contributed by atoms with E-state index in [1.165, 1.54) is 6.92 Å². The Morgan fingerprint density at radius 2 is 1.92 bits per heavy atom. The second-order valence-electron chi connectivity index (χ2n) is 7.42. The van der Waals surface area contributed by atoms with E-state index in [1.54, 1.807) is 6.07 Å². The third-order valence-corrected chi connectivity index (χ3v) is 9.86. The number of hydrogen-bond donors (Lipinski definition) is 2. The number of primary amides is 1. The van der Waals surface area contributed by atoms with Gasteiger partial charge in [0.15, 0.2) is 14.4 Å². The Morgan fingerprint density at radius 1 is 1.32 bits per heavy atom.